The van der Waals surface area contributed by atoms with Crippen molar-refractivity contribution in [2.45, 2.75) is 20.1 Å². The predicted molar refractivity (Wildman–Crippen MR) is 63.1 cm³/mol. The molecular weight excluding hydrogens is 242 g/mol. The third-order valence-corrected chi connectivity index (χ3v) is 2.39. The molecule has 0 aliphatic heterocycles. The number of ether oxygens (including phenoxy) is 1. The lowest BCUT2D eigenvalue weighted by molar-refractivity contribution is -0.124. The summed E-state index contributed by atoms with van der Waals surface area (Å²) in [5, 5.41) is 2.67. The third kappa shape index (κ3) is 4.67. The van der Waals surface area contributed by atoms with Gasteiger partial charge in [0.15, 0.2) is 0 Å². The monoisotopic (exact) mass is 258 g/mol. The molecule has 1 unspecified atom stereocenters. The van der Waals surface area contributed by atoms with Gasteiger partial charge in [-0.1, -0.05) is 19.1 Å². The lowest BCUT2D eigenvalue weighted by Crippen LogP contribution is -2.32. The van der Waals surface area contributed by atoms with Gasteiger partial charge in [-0.05, 0) is 17.7 Å². The molecule has 4 nitrogen and oxygen atoms in total. The van der Waals surface area contributed by atoms with E-state index in [4.69, 9.17) is 5.73 Å². The fraction of sp³-hybridized carbons (Fsp3) is 0.417. The van der Waals surface area contributed by atoms with Gasteiger partial charge in [-0.25, -0.2) is 0 Å². The second kappa shape index (κ2) is 6.90. The average Bonchev–Trinajstić information content (AvgIpc) is 2.34. The van der Waals surface area contributed by atoms with Gasteiger partial charge in [-0.3, -0.25) is 4.79 Å². The molecular formula is C12H16F2N2O2. The number of nitrogens with two attached hydrogens (primary N) is 1. The maximum atomic E-state index is 12.0. The van der Waals surface area contributed by atoms with E-state index in [1.165, 1.54) is 12.1 Å². The molecule has 0 saturated heterocycles. The molecule has 0 aliphatic rings. The van der Waals surface area contributed by atoms with E-state index < -0.39 is 6.61 Å². The Kier molecular flexibility index (Phi) is 5.51. The van der Waals surface area contributed by atoms with Crippen LogP contribution in [0.25, 0.3) is 0 Å². The molecule has 0 spiro atoms. The highest BCUT2D eigenvalue weighted by Gasteiger charge is 2.10. The molecule has 1 aromatic rings. The van der Waals surface area contributed by atoms with E-state index in [1.54, 1.807) is 19.1 Å². The Hall–Kier alpha value is -1.69. The van der Waals surface area contributed by atoms with E-state index in [-0.39, 0.29) is 30.7 Å². The molecule has 0 aliphatic carbocycles. The van der Waals surface area contributed by atoms with Crippen molar-refractivity contribution in [3.8, 4) is 5.75 Å². The number of alkyl halides is 2. The third-order valence-electron chi connectivity index (χ3n) is 2.39. The van der Waals surface area contributed by atoms with Gasteiger partial charge in [-0.15, -0.1) is 0 Å². The van der Waals surface area contributed by atoms with Crippen LogP contribution in [0.15, 0.2) is 24.3 Å². The molecule has 3 N–H and O–H groups in total. The molecule has 6 heteroatoms. The first-order valence-electron chi connectivity index (χ1n) is 5.54. The average molecular weight is 258 g/mol. The van der Waals surface area contributed by atoms with E-state index in [1.807, 2.05) is 0 Å². The van der Waals surface area contributed by atoms with E-state index in [0.717, 1.165) is 0 Å². The molecule has 0 bridgehead atoms. The minimum atomic E-state index is -2.85. The normalized spacial score (nSPS) is 12.3. The summed E-state index contributed by atoms with van der Waals surface area (Å²) in [5.41, 5.74) is 6.04. The van der Waals surface area contributed by atoms with Crippen molar-refractivity contribution in [1.82, 2.24) is 5.32 Å². The van der Waals surface area contributed by atoms with Crippen molar-refractivity contribution < 1.29 is 18.3 Å². The van der Waals surface area contributed by atoms with Crippen LogP contribution in [0.3, 0.4) is 0 Å². The Morgan fingerprint density at radius 2 is 2.22 bits per heavy atom. The maximum Gasteiger partial charge on any atom is 0.387 e. The van der Waals surface area contributed by atoms with Gasteiger partial charge in [0, 0.05) is 19.0 Å². The Morgan fingerprint density at radius 1 is 1.50 bits per heavy atom. The number of halogens is 2. The maximum absolute atomic E-state index is 12.0. The number of amides is 1. The van der Waals surface area contributed by atoms with Gasteiger partial charge < -0.3 is 15.8 Å². The zero-order valence-electron chi connectivity index (χ0n) is 10.0. The van der Waals surface area contributed by atoms with Gasteiger partial charge in [-0.2, -0.15) is 8.78 Å². The van der Waals surface area contributed by atoms with Crippen LogP contribution >= 0.6 is 0 Å². The number of nitrogens with one attached hydrogen (secondary N) is 1. The number of carbonyl (C=O) groups excluding carboxylic acids is 1. The van der Waals surface area contributed by atoms with Crippen molar-refractivity contribution in [2.75, 3.05) is 6.54 Å². The molecule has 0 radical (unpaired) electrons. The molecule has 0 heterocycles. The summed E-state index contributed by atoms with van der Waals surface area (Å²) in [4.78, 5) is 11.5. The van der Waals surface area contributed by atoms with Crippen LogP contribution in [0.4, 0.5) is 8.78 Å². The van der Waals surface area contributed by atoms with Crippen LogP contribution < -0.4 is 15.8 Å². The van der Waals surface area contributed by atoms with Crippen LogP contribution in [0, 0.1) is 5.92 Å². The number of carbonyl (C=O) groups is 1. The first-order chi connectivity index (χ1) is 8.52. The molecule has 1 aromatic carbocycles. The predicted octanol–water partition coefficient (Wildman–Crippen LogP) is 1.50. The van der Waals surface area contributed by atoms with Gasteiger partial charge in [0.2, 0.25) is 5.91 Å². The minimum absolute atomic E-state index is 0.0728. The van der Waals surface area contributed by atoms with Crippen molar-refractivity contribution >= 4 is 5.91 Å². The topological polar surface area (TPSA) is 64.4 Å². The summed E-state index contributed by atoms with van der Waals surface area (Å²) < 4.78 is 28.3. The summed E-state index contributed by atoms with van der Waals surface area (Å²) >= 11 is 0. The largest absolute Gasteiger partial charge is 0.435 e. The molecule has 0 saturated carbocycles. The summed E-state index contributed by atoms with van der Waals surface area (Å²) in [6.45, 7) is -0.623. The highest BCUT2D eigenvalue weighted by molar-refractivity contribution is 5.78. The van der Waals surface area contributed by atoms with Crippen LogP contribution in [-0.4, -0.2) is 19.1 Å². The fourth-order valence-electron chi connectivity index (χ4n) is 1.30. The highest BCUT2D eigenvalue weighted by Crippen LogP contribution is 2.15. The fourth-order valence-corrected chi connectivity index (χ4v) is 1.30. The number of benzene rings is 1. The molecule has 18 heavy (non-hydrogen) atoms. The van der Waals surface area contributed by atoms with E-state index in [2.05, 4.69) is 10.1 Å². The summed E-state index contributed by atoms with van der Waals surface area (Å²) in [7, 11) is 0. The molecule has 0 fully saturated rings. The number of hydrogen-bond donors (Lipinski definition) is 2. The zero-order valence-corrected chi connectivity index (χ0v) is 10.0. The number of hydrogen-bond acceptors (Lipinski definition) is 3. The second-order valence-electron chi connectivity index (χ2n) is 3.88. The van der Waals surface area contributed by atoms with E-state index in [0.29, 0.717) is 5.56 Å². The van der Waals surface area contributed by atoms with Gasteiger partial charge >= 0.3 is 6.61 Å². The molecule has 1 amide bonds. The van der Waals surface area contributed by atoms with Gasteiger partial charge in [0.1, 0.15) is 5.75 Å². The second-order valence-corrected chi connectivity index (χ2v) is 3.88. The Morgan fingerprint density at radius 3 is 2.83 bits per heavy atom. The Bertz CT molecular complexity index is 399. The lowest BCUT2D eigenvalue weighted by Gasteiger charge is -2.11. The molecule has 1 rings (SSSR count). The summed E-state index contributed by atoms with van der Waals surface area (Å²) in [5.74, 6) is -0.369. The molecule has 0 aromatic heterocycles. The SMILES string of the molecule is CC(CN)C(=O)NCc1cccc(OC(F)F)c1. The smallest absolute Gasteiger partial charge is 0.387 e. The van der Waals surface area contributed by atoms with Crippen LogP contribution in [0.2, 0.25) is 0 Å². The van der Waals surface area contributed by atoms with E-state index in [9.17, 15) is 13.6 Å². The summed E-state index contributed by atoms with van der Waals surface area (Å²) in [6, 6.07) is 6.19. The molecule has 100 valence electrons. The Labute approximate surface area is 104 Å². The minimum Gasteiger partial charge on any atom is -0.435 e. The van der Waals surface area contributed by atoms with Gasteiger partial charge in [0.05, 0.1) is 0 Å². The number of rotatable bonds is 6. The van der Waals surface area contributed by atoms with Crippen molar-refractivity contribution in [1.29, 1.82) is 0 Å². The van der Waals surface area contributed by atoms with Crippen LogP contribution in [-0.2, 0) is 11.3 Å². The quantitative estimate of drug-likeness (QED) is 0.812. The first kappa shape index (κ1) is 14.4. The molecule has 1 atom stereocenters. The standard InChI is InChI=1S/C12H16F2N2O2/c1-8(6-15)11(17)16-7-9-3-2-4-10(5-9)18-12(13)14/h2-5,8,12H,6-7,15H2,1H3,(H,16,17). The van der Waals surface area contributed by atoms with Crippen molar-refractivity contribution in [2.24, 2.45) is 11.7 Å². The van der Waals surface area contributed by atoms with Crippen molar-refractivity contribution in [3.63, 3.8) is 0 Å². The van der Waals surface area contributed by atoms with Crippen LogP contribution in [0.5, 0.6) is 5.75 Å². The van der Waals surface area contributed by atoms with Gasteiger partial charge in [0.25, 0.3) is 0 Å². The summed E-state index contributed by atoms with van der Waals surface area (Å²) in [6.07, 6.45) is 0. The van der Waals surface area contributed by atoms with E-state index >= 15 is 0 Å². The van der Waals surface area contributed by atoms with Crippen molar-refractivity contribution in [3.05, 3.63) is 29.8 Å². The first-order valence-corrected chi connectivity index (χ1v) is 5.54. The zero-order chi connectivity index (χ0) is 13.5. The highest BCUT2D eigenvalue weighted by atomic mass is 19.3. The van der Waals surface area contributed by atoms with Crippen LogP contribution in [0.1, 0.15) is 12.5 Å². The Balaban J connectivity index is 2.54. The lowest BCUT2D eigenvalue weighted by atomic mass is 10.1.